The fourth-order valence-corrected chi connectivity index (χ4v) is 1.54. The lowest BCUT2D eigenvalue weighted by molar-refractivity contribution is -0.292. The van der Waals surface area contributed by atoms with Crippen molar-refractivity contribution in [1.82, 2.24) is 0 Å². The summed E-state index contributed by atoms with van der Waals surface area (Å²) in [6.45, 7) is 11.5. The summed E-state index contributed by atoms with van der Waals surface area (Å²) in [4.78, 5) is 21.4. The van der Waals surface area contributed by atoms with Gasteiger partial charge in [-0.2, -0.15) is 9.78 Å². The molecule has 19 heavy (non-hydrogen) atoms. The van der Waals surface area contributed by atoms with Gasteiger partial charge in [-0.25, -0.2) is 0 Å². The molecule has 0 aliphatic heterocycles. The molecule has 0 saturated heterocycles. The Kier molecular flexibility index (Phi) is 5.46. The molecule has 0 aliphatic rings. The van der Waals surface area contributed by atoms with Gasteiger partial charge in [-0.05, 0) is 76.3 Å². The predicted octanol–water partition coefficient (Wildman–Crippen LogP) is 4.51. The Morgan fingerprint density at radius 3 is 1.89 bits per heavy atom. The lowest BCUT2D eigenvalue weighted by atomic mass is 10.2. The largest absolute Gasteiger partial charge is 0.333 e. The fourth-order valence-electron chi connectivity index (χ4n) is 0.972. The van der Waals surface area contributed by atoms with E-state index in [2.05, 4.69) is 22.6 Å². The smallest absolute Gasteiger partial charge is 0.224 e. The molecule has 0 unspecified atom stereocenters. The monoisotopic (exact) mass is 380 g/mol. The van der Waals surface area contributed by atoms with Crippen molar-refractivity contribution < 1.29 is 19.6 Å². The molecule has 4 nitrogen and oxygen atoms in total. The summed E-state index contributed by atoms with van der Waals surface area (Å²) in [5, 5.41) is 0. The molecule has 0 saturated carbocycles. The standard InChI is InChI=1S/C14H21IO4/c1-13(2,3)18-16-11-9-7-8-10(15)12(11)17-19-14(4,5)6/h7-9H,1-6H3. The Hall–Kier alpha value is -0.530. The Morgan fingerprint density at radius 1 is 0.842 bits per heavy atom. The first kappa shape index (κ1) is 16.5. The van der Waals surface area contributed by atoms with Gasteiger partial charge < -0.3 is 9.78 Å². The zero-order valence-corrected chi connectivity index (χ0v) is 14.4. The van der Waals surface area contributed by atoms with Crippen molar-refractivity contribution in [1.29, 1.82) is 0 Å². The van der Waals surface area contributed by atoms with Crippen LogP contribution < -0.4 is 9.78 Å². The first-order valence-electron chi connectivity index (χ1n) is 6.08. The molecule has 5 heteroatoms. The van der Waals surface area contributed by atoms with E-state index in [0.29, 0.717) is 11.5 Å². The van der Waals surface area contributed by atoms with E-state index in [0.717, 1.165) is 3.57 Å². The van der Waals surface area contributed by atoms with Crippen LogP contribution in [0.1, 0.15) is 41.5 Å². The molecule has 1 aromatic carbocycles. The van der Waals surface area contributed by atoms with Crippen LogP contribution in [0.2, 0.25) is 0 Å². The van der Waals surface area contributed by atoms with Gasteiger partial charge in [-0.1, -0.05) is 6.07 Å². The Labute approximate surface area is 128 Å². The van der Waals surface area contributed by atoms with E-state index in [1.165, 1.54) is 0 Å². The van der Waals surface area contributed by atoms with Gasteiger partial charge in [-0.15, -0.1) is 0 Å². The Balaban J connectivity index is 2.83. The van der Waals surface area contributed by atoms with E-state index in [9.17, 15) is 0 Å². The normalized spacial score (nSPS) is 12.4. The second-order valence-corrected chi connectivity index (χ2v) is 7.29. The highest BCUT2D eigenvalue weighted by Crippen LogP contribution is 2.34. The van der Waals surface area contributed by atoms with E-state index >= 15 is 0 Å². The van der Waals surface area contributed by atoms with Crippen LogP contribution in [0.4, 0.5) is 0 Å². The van der Waals surface area contributed by atoms with Crippen LogP contribution in [-0.4, -0.2) is 11.2 Å². The maximum Gasteiger partial charge on any atom is 0.224 e. The van der Waals surface area contributed by atoms with Crippen molar-refractivity contribution in [2.24, 2.45) is 0 Å². The number of benzene rings is 1. The van der Waals surface area contributed by atoms with Crippen LogP contribution in [0.5, 0.6) is 11.5 Å². The summed E-state index contributed by atoms with van der Waals surface area (Å²) in [5.74, 6) is 1.01. The van der Waals surface area contributed by atoms with Crippen LogP contribution in [0.15, 0.2) is 18.2 Å². The highest BCUT2D eigenvalue weighted by Gasteiger charge is 2.19. The maximum atomic E-state index is 5.39. The summed E-state index contributed by atoms with van der Waals surface area (Å²) >= 11 is 2.16. The van der Waals surface area contributed by atoms with Crippen LogP contribution in [-0.2, 0) is 9.78 Å². The molecule has 0 N–H and O–H groups in total. The third kappa shape index (κ3) is 6.44. The van der Waals surface area contributed by atoms with Crippen molar-refractivity contribution in [2.45, 2.75) is 52.7 Å². The van der Waals surface area contributed by atoms with Crippen molar-refractivity contribution in [2.75, 3.05) is 0 Å². The molecule has 0 aromatic heterocycles. The molecule has 0 atom stereocenters. The molecular weight excluding hydrogens is 359 g/mol. The van der Waals surface area contributed by atoms with Gasteiger partial charge in [0, 0.05) is 0 Å². The summed E-state index contributed by atoms with van der Waals surface area (Å²) in [7, 11) is 0. The van der Waals surface area contributed by atoms with Gasteiger partial charge in [0.2, 0.25) is 11.5 Å². The zero-order chi connectivity index (χ0) is 14.7. The first-order valence-corrected chi connectivity index (χ1v) is 7.16. The molecule has 108 valence electrons. The summed E-state index contributed by atoms with van der Waals surface area (Å²) < 4.78 is 0.886. The number of hydrogen-bond donors (Lipinski definition) is 0. The summed E-state index contributed by atoms with van der Waals surface area (Å²) in [5.41, 5.74) is -0.801. The van der Waals surface area contributed by atoms with E-state index < -0.39 is 11.2 Å². The van der Waals surface area contributed by atoms with E-state index in [1.807, 2.05) is 53.7 Å². The SMILES string of the molecule is CC(C)(C)OOc1cccc(I)c1OOC(C)(C)C. The van der Waals surface area contributed by atoms with Gasteiger partial charge in [0.05, 0.1) is 3.57 Å². The second kappa shape index (κ2) is 6.28. The predicted molar refractivity (Wildman–Crippen MR) is 82.1 cm³/mol. The molecular formula is C14H21IO4. The van der Waals surface area contributed by atoms with Crippen molar-refractivity contribution in [3.05, 3.63) is 21.8 Å². The average molecular weight is 380 g/mol. The molecule has 0 aliphatic carbocycles. The highest BCUT2D eigenvalue weighted by atomic mass is 127. The maximum absolute atomic E-state index is 5.39. The number of hydrogen-bond acceptors (Lipinski definition) is 4. The number of para-hydroxylation sites is 1. The molecule has 1 aromatic rings. The summed E-state index contributed by atoms with van der Waals surface area (Å²) in [6.07, 6.45) is 0. The van der Waals surface area contributed by atoms with E-state index in [4.69, 9.17) is 19.6 Å². The highest BCUT2D eigenvalue weighted by molar-refractivity contribution is 14.1. The first-order chi connectivity index (χ1) is 8.58. The van der Waals surface area contributed by atoms with Gasteiger partial charge in [0.15, 0.2) is 0 Å². The quantitative estimate of drug-likeness (QED) is 0.438. The molecule has 0 fully saturated rings. The van der Waals surface area contributed by atoms with Crippen LogP contribution >= 0.6 is 22.6 Å². The van der Waals surface area contributed by atoms with E-state index in [-0.39, 0.29) is 0 Å². The zero-order valence-electron chi connectivity index (χ0n) is 12.2. The molecule has 0 radical (unpaired) electrons. The molecule has 0 heterocycles. The van der Waals surface area contributed by atoms with Crippen molar-refractivity contribution in [3.8, 4) is 11.5 Å². The third-order valence-corrected chi connectivity index (χ3v) is 2.54. The Morgan fingerprint density at radius 2 is 1.37 bits per heavy atom. The van der Waals surface area contributed by atoms with Gasteiger partial charge in [-0.3, -0.25) is 0 Å². The second-order valence-electron chi connectivity index (χ2n) is 6.13. The minimum absolute atomic E-state index is 0.399. The van der Waals surface area contributed by atoms with Gasteiger partial charge in [0.1, 0.15) is 11.2 Å². The lowest BCUT2D eigenvalue weighted by Gasteiger charge is -2.21. The fraction of sp³-hybridized carbons (Fsp3) is 0.571. The van der Waals surface area contributed by atoms with Crippen LogP contribution in [0.3, 0.4) is 0 Å². The Bertz CT molecular complexity index is 418. The van der Waals surface area contributed by atoms with Crippen LogP contribution in [0.25, 0.3) is 0 Å². The van der Waals surface area contributed by atoms with Crippen LogP contribution in [0, 0.1) is 3.57 Å². The number of rotatable bonds is 4. The molecule has 0 spiro atoms. The van der Waals surface area contributed by atoms with Gasteiger partial charge in [0.25, 0.3) is 0 Å². The lowest BCUT2D eigenvalue weighted by Crippen LogP contribution is -2.23. The molecule has 1 rings (SSSR count). The summed E-state index contributed by atoms with van der Waals surface area (Å²) in [6, 6.07) is 5.55. The third-order valence-electron chi connectivity index (χ3n) is 1.69. The minimum atomic E-state index is -0.402. The minimum Gasteiger partial charge on any atom is -0.333 e. The molecule has 0 bridgehead atoms. The molecule has 0 amide bonds. The number of halogens is 1. The van der Waals surface area contributed by atoms with Gasteiger partial charge >= 0.3 is 0 Å². The van der Waals surface area contributed by atoms with E-state index in [1.54, 1.807) is 6.07 Å². The van der Waals surface area contributed by atoms with Crippen molar-refractivity contribution >= 4 is 22.6 Å². The van der Waals surface area contributed by atoms with Crippen molar-refractivity contribution in [3.63, 3.8) is 0 Å². The average Bonchev–Trinajstić information content (AvgIpc) is 2.22. The topological polar surface area (TPSA) is 36.9 Å².